The number of aryl methyl sites for hydroxylation is 1. The third-order valence-corrected chi connectivity index (χ3v) is 2.91. The molecule has 0 amide bonds. The highest BCUT2D eigenvalue weighted by Crippen LogP contribution is 2.26. The molecule has 16 heavy (non-hydrogen) atoms. The molecule has 0 bridgehead atoms. The summed E-state index contributed by atoms with van der Waals surface area (Å²) in [7, 11) is 0. The van der Waals surface area contributed by atoms with Gasteiger partial charge in [-0.25, -0.2) is 4.39 Å². The maximum atomic E-state index is 13.4. The van der Waals surface area contributed by atoms with Crippen LogP contribution in [-0.4, -0.2) is 10.2 Å². The molecular weight excluding hydrogens is 229 g/mol. The van der Waals surface area contributed by atoms with Crippen LogP contribution in [0, 0.1) is 12.7 Å². The van der Waals surface area contributed by atoms with Crippen molar-refractivity contribution in [3.8, 4) is 0 Å². The van der Waals surface area contributed by atoms with Gasteiger partial charge >= 0.3 is 0 Å². The second-order valence-electron chi connectivity index (χ2n) is 3.19. The highest BCUT2D eigenvalue weighted by atomic mass is 32.2. The van der Waals surface area contributed by atoms with Crippen molar-refractivity contribution >= 4 is 17.4 Å². The van der Waals surface area contributed by atoms with E-state index in [2.05, 4.69) is 10.2 Å². The zero-order valence-corrected chi connectivity index (χ0v) is 9.42. The first kappa shape index (κ1) is 10.9. The number of hydrogen-bond donors (Lipinski definition) is 1. The van der Waals surface area contributed by atoms with Crippen molar-refractivity contribution in [3.63, 3.8) is 0 Å². The Morgan fingerprint density at radius 3 is 2.88 bits per heavy atom. The van der Waals surface area contributed by atoms with Crippen LogP contribution >= 0.6 is 11.8 Å². The van der Waals surface area contributed by atoms with Gasteiger partial charge in [-0.3, -0.25) is 0 Å². The van der Waals surface area contributed by atoms with Crippen molar-refractivity contribution in [3.05, 3.63) is 35.8 Å². The Labute approximate surface area is 96.0 Å². The van der Waals surface area contributed by atoms with Crippen LogP contribution in [0.2, 0.25) is 0 Å². The molecule has 0 saturated heterocycles. The fraction of sp³-hybridized carbons (Fsp3) is 0.200. The van der Waals surface area contributed by atoms with Gasteiger partial charge in [-0.2, -0.15) is 0 Å². The first-order valence-electron chi connectivity index (χ1n) is 4.62. The molecule has 0 aliphatic heterocycles. The number of rotatable bonds is 3. The van der Waals surface area contributed by atoms with Crippen molar-refractivity contribution < 1.29 is 8.81 Å². The lowest BCUT2D eigenvalue weighted by molar-refractivity contribution is 0.485. The van der Waals surface area contributed by atoms with Gasteiger partial charge in [0.05, 0.1) is 5.75 Å². The summed E-state index contributed by atoms with van der Waals surface area (Å²) >= 11 is 1.30. The number of nitrogens with two attached hydrogens (primary N) is 1. The number of thioether (sulfide) groups is 1. The van der Waals surface area contributed by atoms with Crippen molar-refractivity contribution in [1.82, 2.24) is 10.2 Å². The minimum absolute atomic E-state index is 0.332. The van der Waals surface area contributed by atoms with Gasteiger partial charge in [0.15, 0.2) is 0 Å². The van der Waals surface area contributed by atoms with Gasteiger partial charge in [0, 0.05) is 17.5 Å². The summed E-state index contributed by atoms with van der Waals surface area (Å²) in [6.07, 6.45) is 0. The van der Waals surface area contributed by atoms with E-state index in [4.69, 9.17) is 10.2 Å². The molecule has 0 aliphatic rings. The monoisotopic (exact) mass is 239 g/mol. The Kier molecular flexibility index (Phi) is 3.09. The number of nitrogen functional groups attached to an aromatic ring is 1. The average Bonchev–Trinajstić information content (AvgIpc) is 2.63. The number of benzene rings is 1. The summed E-state index contributed by atoms with van der Waals surface area (Å²) in [6, 6.07) is 4.59. The highest BCUT2D eigenvalue weighted by Gasteiger charge is 2.07. The summed E-state index contributed by atoms with van der Waals surface area (Å²) in [6.45, 7) is 1.71. The molecule has 1 aromatic carbocycles. The van der Waals surface area contributed by atoms with Crippen molar-refractivity contribution in [2.24, 2.45) is 0 Å². The molecule has 84 valence electrons. The lowest BCUT2D eigenvalue weighted by atomic mass is 10.3. The molecule has 0 saturated carbocycles. The smallest absolute Gasteiger partial charge is 0.226 e. The van der Waals surface area contributed by atoms with Crippen molar-refractivity contribution in [2.75, 3.05) is 5.73 Å². The predicted octanol–water partition coefficient (Wildman–Crippen LogP) is 2.39. The van der Waals surface area contributed by atoms with Gasteiger partial charge in [-0.05, 0) is 18.2 Å². The van der Waals surface area contributed by atoms with Gasteiger partial charge in [0.25, 0.3) is 0 Å². The summed E-state index contributed by atoms with van der Waals surface area (Å²) in [4.78, 5) is 0.519. The number of anilines is 1. The molecule has 0 radical (unpaired) electrons. The molecule has 0 unspecified atom stereocenters. The van der Waals surface area contributed by atoms with Crippen LogP contribution in [0.5, 0.6) is 0 Å². The van der Waals surface area contributed by atoms with Crippen LogP contribution in [0.3, 0.4) is 0 Å². The molecule has 2 rings (SSSR count). The zero-order valence-electron chi connectivity index (χ0n) is 8.61. The quantitative estimate of drug-likeness (QED) is 0.658. The van der Waals surface area contributed by atoms with Crippen LogP contribution in [0.25, 0.3) is 0 Å². The van der Waals surface area contributed by atoms with E-state index in [0.717, 1.165) is 0 Å². The summed E-state index contributed by atoms with van der Waals surface area (Å²) < 4.78 is 18.6. The largest absolute Gasteiger partial charge is 0.425 e. The Balaban J connectivity index is 2.04. The van der Waals surface area contributed by atoms with Crippen molar-refractivity contribution in [2.45, 2.75) is 17.6 Å². The lowest BCUT2D eigenvalue weighted by Gasteiger charge is -2.01. The molecule has 6 heteroatoms. The summed E-state index contributed by atoms with van der Waals surface area (Å²) in [5.41, 5.74) is 5.86. The Morgan fingerprint density at radius 1 is 1.44 bits per heavy atom. The standard InChI is InChI=1S/C10H10FN3OS/c1-6-13-14-10(15-6)5-16-9-3-2-7(12)4-8(9)11/h2-4H,5,12H2,1H3. The van der Waals surface area contributed by atoms with E-state index >= 15 is 0 Å². The second-order valence-corrected chi connectivity index (χ2v) is 4.21. The Morgan fingerprint density at radius 2 is 2.25 bits per heavy atom. The summed E-state index contributed by atoms with van der Waals surface area (Å²) in [5.74, 6) is 1.11. The molecule has 0 spiro atoms. The molecule has 0 fully saturated rings. The van der Waals surface area contributed by atoms with Gasteiger partial charge in [-0.1, -0.05) is 0 Å². The van der Waals surface area contributed by atoms with E-state index in [9.17, 15) is 4.39 Å². The second kappa shape index (κ2) is 4.52. The van der Waals surface area contributed by atoms with E-state index in [1.54, 1.807) is 19.1 Å². The molecule has 1 aromatic heterocycles. The SMILES string of the molecule is Cc1nnc(CSc2ccc(N)cc2F)o1. The van der Waals surface area contributed by atoms with Gasteiger partial charge in [-0.15, -0.1) is 22.0 Å². The van der Waals surface area contributed by atoms with Crippen LogP contribution in [-0.2, 0) is 5.75 Å². The highest BCUT2D eigenvalue weighted by molar-refractivity contribution is 7.98. The average molecular weight is 239 g/mol. The molecule has 0 atom stereocenters. The minimum Gasteiger partial charge on any atom is -0.425 e. The van der Waals surface area contributed by atoms with Crippen LogP contribution in [0.15, 0.2) is 27.5 Å². The Bertz CT molecular complexity index is 501. The van der Waals surface area contributed by atoms with Crippen molar-refractivity contribution in [1.29, 1.82) is 0 Å². The van der Waals surface area contributed by atoms with Crippen LogP contribution in [0.4, 0.5) is 10.1 Å². The van der Waals surface area contributed by atoms with E-state index < -0.39 is 0 Å². The molecule has 2 aromatic rings. The summed E-state index contributed by atoms with van der Waals surface area (Å²) in [5, 5.41) is 7.52. The zero-order chi connectivity index (χ0) is 11.5. The molecule has 0 aliphatic carbocycles. The third kappa shape index (κ3) is 2.52. The van der Waals surface area contributed by atoms with E-state index in [1.807, 2.05) is 0 Å². The molecule has 2 N–H and O–H groups in total. The van der Waals surface area contributed by atoms with Gasteiger partial charge in [0.1, 0.15) is 5.82 Å². The lowest BCUT2D eigenvalue weighted by Crippen LogP contribution is -1.88. The third-order valence-electron chi connectivity index (χ3n) is 1.87. The normalized spacial score (nSPS) is 10.6. The first-order chi connectivity index (χ1) is 7.65. The number of nitrogens with zero attached hydrogens (tertiary/aromatic N) is 2. The van der Waals surface area contributed by atoms with E-state index in [0.29, 0.717) is 28.1 Å². The van der Waals surface area contributed by atoms with E-state index in [1.165, 1.54) is 17.8 Å². The molecular formula is C10H10FN3OS. The van der Waals surface area contributed by atoms with Gasteiger partial charge < -0.3 is 10.2 Å². The fourth-order valence-corrected chi connectivity index (χ4v) is 1.93. The predicted molar refractivity (Wildman–Crippen MR) is 59.4 cm³/mol. The minimum atomic E-state index is -0.332. The maximum absolute atomic E-state index is 13.4. The number of halogens is 1. The Hall–Kier alpha value is -1.56. The maximum Gasteiger partial charge on any atom is 0.226 e. The fourth-order valence-electron chi connectivity index (χ4n) is 1.17. The number of aromatic nitrogens is 2. The van der Waals surface area contributed by atoms with E-state index in [-0.39, 0.29) is 5.82 Å². The van der Waals surface area contributed by atoms with Gasteiger partial charge in [0.2, 0.25) is 11.8 Å². The van der Waals surface area contributed by atoms with Crippen LogP contribution < -0.4 is 5.73 Å². The number of hydrogen-bond acceptors (Lipinski definition) is 5. The first-order valence-corrected chi connectivity index (χ1v) is 5.60. The molecule has 1 heterocycles. The van der Waals surface area contributed by atoms with Crippen LogP contribution in [0.1, 0.15) is 11.8 Å². The molecule has 4 nitrogen and oxygen atoms in total. The topological polar surface area (TPSA) is 64.9 Å².